The maximum Gasteiger partial charge on any atom is 0.0824 e. The van der Waals surface area contributed by atoms with Gasteiger partial charge in [-0.2, -0.15) is 0 Å². The van der Waals surface area contributed by atoms with Crippen LogP contribution in [0.5, 0.6) is 0 Å². The van der Waals surface area contributed by atoms with Gasteiger partial charge in [0.15, 0.2) is 0 Å². The number of hydrogen-bond donors (Lipinski definition) is 1. The first kappa shape index (κ1) is 11.2. The topological polar surface area (TPSA) is 20.2 Å². The molecule has 2 aromatic carbocycles. The lowest BCUT2D eigenvalue weighted by Gasteiger charge is -2.31. The van der Waals surface area contributed by atoms with Crippen LogP contribution in [0.3, 0.4) is 0 Å². The average Bonchev–Trinajstić information content (AvgIpc) is 2.27. The number of fused-ring (bicyclic) bond motifs is 1. The van der Waals surface area contributed by atoms with E-state index in [9.17, 15) is 5.11 Å². The second kappa shape index (κ2) is 4.43. The highest BCUT2D eigenvalue weighted by molar-refractivity contribution is 9.10. The van der Waals surface area contributed by atoms with Crippen molar-refractivity contribution in [3.05, 3.63) is 46.4 Å². The Kier molecular flexibility index (Phi) is 2.93. The van der Waals surface area contributed by atoms with Crippen molar-refractivity contribution in [2.24, 2.45) is 5.92 Å². The van der Waals surface area contributed by atoms with Crippen LogP contribution < -0.4 is 0 Å². The lowest BCUT2D eigenvalue weighted by Crippen LogP contribution is -2.20. The Balaban J connectivity index is 2.12. The molecule has 88 valence electrons. The number of halogens is 1. The smallest absolute Gasteiger partial charge is 0.0824 e. The molecule has 0 saturated heterocycles. The third-order valence-corrected chi connectivity index (χ3v) is 4.51. The Bertz CT molecular complexity index is 546. The first-order valence-electron chi connectivity index (χ1n) is 6.12. The predicted molar refractivity (Wildman–Crippen MR) is 73.9 cm³/mol. The van der Waals surface area contributed by atoms with Gasteiger partial charge < -0.3 is 5.11 Å². The Morgan fingerprint density at radius 2 is 1.76 bits per heavy atom. The Hall–Kier alpha value is -0.860. The van der Waals surface area contributed by atoms with E-state index in [1.54, 1.807) is 0 Å². The van der Waals surface area contributed by atoms with Crippen LogP contribution in [0.2, 0.25) is 0 Å². The van der Waals surface area contributed by atoms with E-state index in [4.69, 9.17) is 0 Å². The van der Waals surface area contributed by atoms with Gasteiger partial charge in [-0.3, -0.25) is 0 Å². The summed E-state index contributed by atoms with van der Waals surface area (Å²) in [5.74, 6) is 0.458. The molecule has 0 aliphatic heterocycles. The van der Waals surface area contributed by atoms with Gasteiger partial charge in [-0.05, 0) is 41.2 Å². The van der Waals surface area contributed by atoms with Crippen LogP contribution in [0.15, 0.2) is 40.9 Å². The highest BCUT2D eigenvalue weighted by Gasteiger charge is 2.27. The zero-order valence-corrected chi connectivity index (χ0v) is 11.2. The van der Waals surface area contributed by atoms with Crippen LogP contribution in [-0.4, -0.2) is 5.11 Å². The molecule has 2 aromatic rings. The number of aliphatic hydroxyl groups is 1. The molecule has 0 amide bonds. The molecule has 1 aliphatic rings. The first-order valence-corrected chi connectivity index (χ1v) is 6.92. The number of hydrogen-bond acceptors (Lipinski definition) is 1. The van der Waals surface area contributed by atoms with E-state index in [0.29, 0.717) is 5.92 Å². The normalized spacial score (nSPS) is 18.0. The van der Waals surface area contributed by atoms with Gasteiger partial charge in [0.05, 0.1) is 6.10 Å². The van der Waals surface area contributed by atoms with E-state index in [1.807, 2.05) is 18.2 Å². The second-order valence-electron chi connectivity index (χ2n) is 4.82. The van der Waals surface area contributed by atoms with Crippen molar-refractivity contribution in [2.75, 3.05) is 0 Å². The zero-order valence-electron chi connectivity index (χ0n) is 9.57. The monoisotopic (exact) mass is 290 g/mol. The minimum absolute atomic E-state index is 0.304. The minimum Gasteiger partial charge on any atom is -0.388 e. The van der Waals surface area contributed by atoms with Crippen molar-refractivity contribution in [1.29, 1.82) is 0 Å². The molecule has 0 bridgehead atoms. The average molecular weight is 291 g/mol. The van der Waals surface area contributed by atoms with Crippen LogP contribution in [0.1, 0.15) is 30.9 Å². The van der Waals surface area contributed by atoms with Gasteiger partial charge in [0.1, 0.15) is 0 Å². The van der Waals surface area contributed by atoms with E-state index < -0.39 is 0 Å². The molecule has 1 fully saturated rings. The van der Waals surface area contributed by atoms with E-state index >= 15 is 0 Å². The molecule has 1 atom stereocenters. The molecule has 0 heterocycles. The molecule has 1 saturated carbocycles. The fourth-order valence-corrected chi connectivity index (χ4v) is 3.03. The number of aliphatic hydroxyl groups excluding tert-OH is 1. The van der Waals surface area contributed by atoms with Gasteiger partial charge in [0.25, 0.3) is 0 Å². The summed E-state index contributed by atoms with van der Waals surface area (Å²) in [6, 6.07) is 12.3. The van der Waals surface area contributed by atoms with Gasteiger partial charge >= 0.3 is 0 Å². The van der Waals surface area contributed by atoms with Gasteiger partial charge in [0, 0.05) is 4.47 Å². The summed E-state index contributed by atoms with van der Waals surface area (Å²) in [4.78, 5) is 0. The van der Waals surface area contributed by atoms with E-state index in [2.05, 4.69) is 34.1 Å². The first-order chi connectivity index (χ1) is 8.27. The van der Waals surface area contributed by atoms with Crippen LogP contribution in [-0.2, 0) is 0 Å². The van der Waals surface area contributed by atoms with Gasteiger partial charge in [-0.1, -0.05) is 52.7 Å². The number of rotatable bonds is 2. The lowest BCUT2D eigenvalue weighted by atomic mass is 9.78. The molecule has 17 heavy (non-hydrogen) atoms. The third kappa shape index (κ3) is 1.90. The minimum atomic E-state index is -0.304. The maximum atomic E-state index is 10.4. The summed E-state index contributed by atoms with van der Waals surface area (Å²) < 4.78 is 1.10. The van der Waals surface area contributed by atoms with Crippen molar-refractivity contribution in [1.82, 2.24) is 0 Å². The Labute approximate surface area is 110 Å². The summed E-state index contributed by atoms with van der Waals surface area (Å²) >= 11 is 3.57. The van der Waals surface area contributed by atoms with Crippen molar-refractivity contribution in [2.45, 2.75) is 25.4 Å². The van der Waals surface area contributed by atoms with Gasteiger partial charge in [-0.15, -0.1) is 0 Å². The van der Waals surface area contributed by atoms with Gasteiger partial charge in [-0.25, -0.2) is 0 Å². The van der Waals surface area contributed by atoms with Crippen LogP contribution in [0.4, 0.5) is 0 Å². The molecule has 0 aromatic heterocycles. The maximum absolute atomic E-state index is 10.4. The van der Waals surface area contributed by atoms with Gasteiger partial charge in [0.2, 0.25) is 0 Å². The van der Waals surface area contributed by atoms with Crippen LogP contribution in [0, 0.1) is 5.92 Å². The molecule has 0 radical (unpaired) electrons. The SMILES string of the molecule is OC(c1ccc(Br)c2ccccc12)C1CCC1. The van der Waals surface area contributed by atoms with Crippen molar-refractivity contribution in [3.8, 4) is 0 Å². The lowest BCUT2D eigenvalue weighted by molar-refractivity contribution is 0.0632. The molecule has 1 N–H and O–H groups in total. The fourth-order valence-electron chi connectivity index (χ4n) is 2.55. The molecule has 2 heteroatoms. The van der Waals surface area contributed by atoms with E-state index in [1.165, 1.54) is 17.2 Å². The summed E-state index contributed by atoms with van der Waals surface area (Å²) in [6.45, 7) is 0. The van der Waals surface area contributed by atoms with Crippen LogP contribution in [0.25, 0.3) is 10.8 Å². The van der Waals surface area contributed by atoms with E-state index in [-0.39, 0.29) is 6.10 Å². The highest BCUT2D eigenvalue weighted by Crippen LogP contribution is 2.40. The van der Waals surface area contributed by atoms with E-state index in [0.717, 1.165) is 22.9 Å². The molecule has 1 nitrogen and oxygen atoms in total. The zero-order chi connectivity index (χ0) is 11.8. The summed E-state index contributed by atoms with van der Waals surface area (Å²) in [6.07, 6.45) is 3.27. The Morgan fingerprint density at radius 3 is 2.41 bits per heavy atom. The third-order valence-electron chi connectivity index (χ3n) is 3.82. The summed E-state index contributed by atoms with van der Waals surface area (Å²) in [5.41, 5.74) is 1.08. The molecule has 0 spiro atoms. The fraction of sp³-hybridized carbons (Fsp3) is 0.333. The largest absolute Gasteiger partial charge is 0.388 e. The standard InChI is InChI=1S/C15H15BrO/c16-14-9-8-13(15(17)10-4-3-5-10)11-6-1-2-7-12(11)14/h1-2,6-10,15,17H,3-5H2. The second-order valence-corrected chi connectivity index (χ2v) is 5.67. The van der Waals surface area contributed by atoms with Crippen molar-refractivity contribution >= 4 is 26.7 Å². The molecule has 1 unspecified atom stereocenters. The summed E-state index contributed by atoms with van der Waals surface area (Å²) in [7, 11) is 0. The number of benzene rings is 2. The van der Waals surface area contributed by atoms with Crippen molar-refractivity contribution in [3.63, 3.8) is 0 Å². The molecule has 1 aliphatic carbocycles. The Morgan fingerprint density at radius 1 is 1.06 bits per heavy atom. The molecular weight excluding hydrogens is 276 g/mol. The molecular formula is C15H15BrO. The van der Waals surface area contributed by atoms with Crippen LogP contribution >= 0.6 is 15.9 Å². The van der Waals surface area contributed by atoms with Crippen molar-refractivity contribution < 1.29 is 5.11 Å². The molecule has 3 rings (SSSR count). The quantitative estimate of drug-likeness (QED) is 0.867. The highest BCUT2D eigenvalue weighted by atomic mass is 79.9. The predicted octanol–water partition coefficient (Wildman–Crippen LogP) is 4.44. The summed E-state index contributed by atoms with van der Waals surface area (Å²) in [5, 5.41) is 12.8.